The predicted molar refractivity (Wildman–Crippen MR) is 82.4 cm³/mol. The molecule has 1 aromatic rings. The fourth-order valence-corrected chi connectivity index (χ4v) is 1.91. The van der Waals surface area contributed by atoms with Gasteiger partial charge < -0.3 is 22.1 Å². The van der Waals surface area contributed by atoms with Gasteiger partial charge in [0.15, 0.2) is 0 Å². The van der Waals surface area contributed by atoms with Gasteiger partial charge in [-0.1, -0.05) is 30.3 Å². The standard InChI is InChI=1S/C15H24N4O2/c16-13(9-12-5-2-1-3-6-12)10-18-11-15(21)19-8-4-7-14(17)20/h1-3,5-6,13,18H,4,7-11,16H2,(H2,17,20)(H,19,21). The molecular weight excluding hydrogens is 268 g/mol. The predicted octanol–water partition coefficient (Wildman–Crippen LogP) is -0.472. The van der Waals surface area contributed by atoms with E-state index in [1.165, 1.54) is 5.56 Å². The number of hydrogen-bond donors (Lipinski definition) is 4. The fourth-order valence-electron chi connectivity index (χ4n) is 1.91. The number of rotatable bonds is 10. The molecule has 2 amide bonds. The van der Waals surface area contributed by atoms with Gasteiger partial charge in [-0.05, 0) is 18.4 Å². The molecule has 0 aliphatic carbocycles. The van der Waals surface area contributed by atoms with Crippen LogP contribution in [0.5, 0.6) is 0 Å². The third-order valence-electron chi connectivity index (χ3n) is 2.95. The van der Waals surface area contributed by atoms with Gasteiger partial charge in [0.25, 0.3) is 0 Å². The maximum Gasteiger partial charge on any atom is 0.233 e. The molecule has 0 fully saturated rings. The van der Waals surface area contributed by atoms with Gasteiger partial charge in [0.2, 0.25) is 11.8 Å². The van der Waals surface area contributed by atoms with Crippen molar-refractivity contribution in [1.82, 2.24) is 10.6 Å². The first-order chi connectivity index (χ1) is 10.1. The van der Waals surface area contributed by atoms with Crippen molar-refractivity contribution in [2.24, 2.45) is 11.5 Å². The van der Waals surface area contributed by atoms with Crippen LogP contribution in [0.1, 0.15) is 18.4 Å². The van der Waals surface area contributed by atoms with E-state index in [1.807, 2.05) is 30.3 Å². The third kappa shape index (κ3) is 8.78. The van der Waals surface area contributed by atoms with Crippen molar-refractivity contribution in [2.75, 3.05) is 19.6 Å². The van der Waals surface area contributed by atoms with E-state index in [2.05, 4.69) is 10.6 Å². The minimum absolute atomic E-state index is 0.0324. The van der Waals surface area contributed by atoms with Crippen LogP contribution in [0.4, 0.5) is 0 Å². The van der Waals surface area contributed by atoms with Crippen LogP contribution in [0.15, 0.2) is 30.3 Å². The lowest BCUT2D eigenvalue weighted by Crippen LogP contribution is -2.41. The summed E-state index contributed by atoms with van der Waals surface area (Å²) in [6.45, 7) is 1.25. The summed E-state index contributed by atoms with van der Waals surface area (Å²) in [6.07, 6.45) is 1.62. The monoisotopic (exact) mass is 292 g/mol. The Labute approximate surface area is 125 Å². The summed E-state index contributed by atoms with van der Waals surface area (Å²) in [4.78, 5) is 22.0. The maximum atomic E-state index is 11.5. The molecule has 0 aliphatic rings. The highest BCUT2D eigenvalue weighted by Crippen LogP contribution is 2.00. The van der Waals surface area contributed by atoms with Crippen molar-refractivity contribution in [2.45, 2.75) is 25.3 Å². The number of carbonyl (C=O) groups excluding carboxylic acids is 2. The molecular formula is C15H24N4O2. The summed E-state index contributed by atoms with van der Waals surface area (Å²) in [5, 5.41) is 5.74. The molecule has 0 bridgehead atoms. The molecule has 1 atom stereocenters. The second-order valence-corrected chi connectivity index (χ2v) is 5.00. The quantitative estimate of drug-likeness (QED) is 0.437. The highest BCUT2D eigenvalue weighted by Gasteiger charge is 2.05. The van der Waals surface area contributed by atoms with E-state index in [1.54, 1.807) is 0 Å². The Kier molecular flexibility index (Phi) is 8.08. The lowest BCUT2D eigenvalue weighted by atomic mass is 10.1. The molecule has 6 N–H and O–H groups in total. The van der Waals surface area contributed by atoms with Crippen molar-refractivity contribution in [3.63, 3.8) is 0 Å². The number of benzene rings is 1. The van der Waals surface area contributed by atoms with Crippen LogP contribution in [0.2, 0.25) is 0 Å². The number of nitrogens with one attached hydrogen (secondary N) is 2. The Bertz CT molecular complexity index is 437. The summed E-state index contributed by atoms with van der Waals surface area (Å²) >= 11 is 0. The number of hydrogen-bond acceptors (Lipinski definition) is 4. The Morgan fingerprint density at radius 3 is 2.57 bits per heavy atom. The van der Waals surface area contributed by atoms with Crippen molar-refractivity contribution in [3.8, 4) is 0 Å². The van der Waals surface area contributed by atoms with Crippen LogP contribution < -0.4 is 22.1 Å². The van der Waals surface area contributed by atoms with Crippen LogP contribution in [-0.4, -0.2) is 37.5 Å². The molecule has 1 aromatic carbocycles. The summed E-state index contributed by atoms with van der Waals surface area (Å²) in [5.41, 5.74) is 12.2. The minimum Gasteiger partial charge on any atom is -0.370 e. The molecule has 0 aliphatic heterocycles. The molecule has 21 heavy (non-hydrogen) atoms. The van der Waals surface area contributed by atoms with Gasteiger partial charge in [0.1, 0.15) is 0 Å². The molecule has 0 spiro atoms. The summed E-state index contributed by atoms with van der Waals surface area (Å²) in [5.74, 6) is -0.458. The number of carbonyl (C=O) groups is 2. The molecule has 0 heterocycles. The van der Waals surface area contributed by atoms with E-state index in [-0.39, 0.29) is 30.8 Å². The SMILES string of the molecule is NC(=O)CCCNC(=O)CNCC(N)Cc1ccccc1. The topological polar surface area (TPSA) is 110 Å². The van der Waals surface area contributed by atoms with Crippen LogP contribution in [0, 0.1) is 0 Å². The Hall–Kier alpha value is -1.92. The molecule has 0 radical (unpaired) electrons. The third-order valence-corrected chi connectivity index (χ3v) is 2.95. The molecule has 1 rings (SSSR count). The first-order valence-corrected chi connectivity index (χ1v) is 7.13. The van der Waals surface area contributed by atoms with Crippen molar-refractivity contribution >= 4 is 11.8 Å². The molecule has 116 valence electrons. The smallest absolute Gasteiger partial charge is 0.233 e. The molecule has 6 nitrogen and oxygen atoms in total. The minimum atomic E-state index is -0.353. The molecule has 6 heteroatoms. The Morgan fingerprint density at radius 1 is 1.19 bits per heavy atom. The van der Waals surface area contributed by atoms with E-state index in [9.17, 15) is 9.59 Å². The Balaban J connectivity index is 2.07. The summed E-state index contributed by atoms with van der Waals surface area (Å²) in [7, 11) is 0. The largest absolute Gasteiger partial charge is 0.370 e. The molecule has 0 aromatic heterocycles. The van der Waals surface area contributed by atoms with Gasteiger partial charge in [-0.2, -0.15) is 0 Å². The van der Waals surface area contributed by atoms with E-state index in [0.717, 1.165) is 6.42 Å². The number of nitrogens with two attached hydrogens (primary N) is 2. The zero-order chi connectivity index (χ0) is 15.5. The first-order valence-electron chi connectivity index (χ1n) is 7.13. The molecule has 0 saturated carbocycles. The van der Waals surface area contributed by atoms with Crippen LogP contribution in [0.25, 0.3) is 0 Å². The average molecular weight is 292 g/mol. The average Bonchev–Trinajstić information content (AvgIpc) is 2.44. The van der Waals surface area contributed by atoms with E-state index in [0.29, 0.717) is 19.5 Å². The van der Waals surface area contributed by atoms with Gasteiger partial charge in [-0.3, -0.25) is 9.59 Å². The zero-order valence-corrected chi connectivity index (χ0v) is 12.2. The normalized spacial score (nSPS) is 11.9. The number of amides is 2. The first kappa shape index (κ1) is 17.1. The second kappa shape index (κ2) is 9.90. The van der Waals surface area contributed by atoms with Crippen LogP contribution in [-0.2, 0) is 16.0 Å². The van der Waals surface area contributed by atoms with Gasteiger partial charge in [-0.25, -0.2) is 0 Å². The highest BCUT2D eigenvalue weighted by atomic mass is 16.2. The van der Waals surface area contributed by atoms with E-state index >= 15 is 0 Å². The van der Waals surface area contributed by atoms with E-state index < -0.39 is 0 Å². The fraction of sp³-hybridized carbons (Fsp3) is 0.467. The van der Waals surface area contributed by atoms with Gasteiger partial charge in [0.05, 0.1) is 6.54 Å². The van der Waals surface area contributed by atoms with Gasteiger partial charge >= 0.3 is 0 Å². The maximum absolute atomic E-state index is 11.5. The van der Waals surface area contributed by atoms with Gasteiger partial charge in [-0.15, -0.1) is 0 Å². The lowest BCUT2D eigenvalue weighted by Gasteiger charge is -2.13. The zero-order valence-electron chi connectivity index (χ0n) is 12.2. The second-order valence-electron chi connectivity index (χ2n) is 5.00. The van der Waals surface area contributed by atoms with Crippen molar-refractivity contribution in [1.29, 1.82) is 0 Å². The highest BCUT2D eigenvalue weighted by molar-refractivity contribution is 5.78. The van der Waals surface area contributed by atoms with Crippen LogP contribution >= 0.6 is 0 Å². The van der Waals surface area contributed by atoms with Crippen molar-refractivity contribution < 1.29 is 9.59 Å². The molecule has 0 saturated heterocycles. The van der Waals surface area contributed by atoms with Crippen LogP contribution in [0.3, 0.4) is 0 Å². The van der Waals surface area contributed by atoms with Gasteiger partial charge in [0, 0.05) is 25.6 Å². The van der Waals surface area contributed by atoms with E-state index in [4.69, 9.17) is 11.5 Å². The number of primary amides is 1. The summed E-state index contributed by atoms with van der Waals surface area (Å²) in [6, 6.07) is 9.96. The Morgan fingerprint density at radius 2 is 1.90 bits per heavy atom. The summed E-state index contributed by atoms with van der Waals surface area (Å²) < 4.78 is 0. The lowest BCUT2D eigenvalue weighted by molar-refractivity contribution is -0.121. The van der Waals surface area contributed by atoms with Crippen molar-refractivity contribution in [3.05, 3.63) is 35.9 Å². The molecule has 1 unspecified atom stereocenters.